The maximum Gasteiger partial charge on any atom is 0.275 e. The van der Waals surface area contributed by atoms with Crippen molar-refractivity contribution < 1.29 is 23.2 Å². The summed E-state index contributed by atoms with van der Waals surface area (Å²) in [6, 6.07) is 11.6. The first-order chi connectivity index (χ1) is 21.3. The first kappa shape index (κ1) is 38.0. The Morgan fingerprint density at radius 3 is 1.54 bits per heavy atom. The van der Waals surface area contributed by atoms with Crippen molar-refractivity contribution in [2.75, 3.05) is 68.1 Å². The number of hydrogen-bond donors (Lipinski definition) is 1. The second-order valence-electron chi connectivity index (χ2n) is 15.3. The van der Waals surface area contributed by atoms with Crippen LogP contribution in [-0.2, 0) is 31.5 Å². The van der Waals surface area contributed by atoms with E-state index >= 15 is 0 Å². The zero-order valence-corrected chi connectivity index (χ0v) is 31.9. The van der Waals surface area contributed by atoms with Gasteiger partial charge >= 0.3 is 0 Å². The molecule has 4 rings (SSSR count). The molecule has 0 amide bonds. The van der Waals surface area contributed by atoms with E-state index in [9.17, 15) is 10.1 Å². The Bertz CT molecular complexity index is 1300. The number of nitro benzene ring substituents is 1. The van der Waals surface area contributed by atoms with Gasteiger partial charge in [-0.25, -0.2) is 0 Å². The van der Waals surface area contributed by atoms with E-state index in [2.05, 4.69) is 89.7 Å². The number of nitrogen functional groups attached to an aromatic ring is 1. The summed E-state index contributed by atoms with van der Waals surface area (Å²) in [5.41, 5.74) is 11.0. The van der Waals surface area contributed by atoms with E-state index in [4.69, 9.17) is 24.1 Å². The first-order valence-electron chi connectivity index (χ1n) is 16.4. The molecule has 0 radical (unpaired) electrons. The van der Waals surface area contributed by atoms with Crippen molar-refractivity contribution in [3.8, 4) is 0 Å². The molecule has 46 heavy (non-hydrogen) atoms. The van der Waals surface area contributed by atoms with Gasteiger partial charge in [0, 0.05) is 54.9 Å². The standard InChI is InChI=1S/C17H28N2O4Si.C17H30N2O2Si/c1-17(2,3)24(4,5)23-13-14-12-15(6-7-16(14)19(20)21)18-8-10-22-11-9-18;1-17(2,3)22(4,5)21-13-14-12-15(6-7-16(14)18)19-8-10-20-11-9-19/h6-7,12H,8-11,13H2,1-5H3;6-7,12H,8-11,13,18H2,1-5H3. The highest BCUT2D eigenvalue weighted by atomic mass is 28.4. The monoisotopic (exact) mass is 674 g/mol. The van der Waals surface area contributed by atoms with Crippen LogP contribution in [0.15, 0.2) is 36.4 Å². The molecule has 2 fully saturated rings. The van der Waals surface area contributed by atoms with Crippen LogP contribution < -0.4 is 15.5 Å². The summed E-state index contributed by atoms with van der Waals surface area (Å²) in [6.45, 7) is 29.4. The maximum absolute atomic E-state index is 11.4. The minimum atomic E-state index is -1.96. The fourth-order valence-corrected chi connectivity index (χ4v) is 6.47. The average Bonchev–Trinajstić information content (AvgIpc) is 2.99. The number of anilines is 3. The second-order valence-corrected chi connectivity index (χ2v) is 24.9. The van der Waals surface area contributed by atoms with Gasteiger partial charge in [-0.1, -0.05) is 41.5 Å². The molecular formula is C34H58N4O6Si2. The van der Waals surface area contributed by atoms with Gasteiger partial charge in [-0.3, -0.25) is 10.1 Å². The van der Waals surface area contributed by atoms with Crippen molar-refractivity contribution in [3.05, 3.63) is 57.6 Å². The molecule has 10 nitrogen and oxygen atoms in total. The summed E-state index contributed by atoms with van der Waals surface area (Å²) < 4.78 is 23.3. The van der Waals surface area contributed by atoms with Gasteiger partial charge < -0.3 is 33.9 Å². The van der Waals surface area contributed by atoms with E-state index in [0.29, 0.717) is 25.4 Å². The van der Waals surface area contributed by atoms with Crippen LogP contribution in [0.5, 0.6) is 0 Å². The summed E-state index contributed by atoms with van der Waals surface area (Å²) in [6.07, 6.45) is 0. The molecular weight excluding hydrogens is 617 g/mol. The third kappa shape index (κ3) is 10.3. The van der Waals surface area contributed by atoms with Crippen LogP contribution >= 0.6 is 0 Å². The molecule has 2 aromatic rings. The third-order valence-corrected chi connectivity index (χ3v) is 18.9. The lowest BCUT2D eigenvalue weighted by molar-refractivity contribution is -0.385. The van der Waals surface area contributed by atoms with Gasteiger partial charge in [-0.05, 0) is 66.6 Å². The van der Waals surface area contributed by atoms with Gasteiger partial charge in [0.1, 0.15) is 0 Å². The lowest BCUT2D eigenvalue weighted by Crippen LogP contribution is -2.40. The Morgan fingerprint density at radius 2 is 1.13 bits per heavy atom. The van der Waals surface area contributed by atoms with Crippen LogP contribution in [0.1, 0.15) is 52.7 Å². The highest BCUT2D eigenvalue weighted by Gasteiger charge is 2.38. The van der Waals surface area contributed by atoms with E-state index in [1.54, 1.807) is 6.07 Å². The fourth-order valence-electron chi connectivity index (χ4n) is 4.57. The quantitative estimate of drug-likeness (QED) is 0.124. The van der Waals surface area contributed by atoms with Crippen LogP contribution in [-0.4, -0.2) is 74.2 Å². The van der Waals surface area contributed by atoms with E-state index in [-0.39, 0.29) is 27.3 Å². The van der Waals surface area contributed by atoms with Gasteiger partial charge in [0.05, 0.1) is 50.1 Å². The predicted octanol–water partition coefficient (Wildman–Crippen LogP) is 7.58. The molecule has 0 unspecified atom stereocenters. The number of nitrogens with zero attached hydrogens (tertiary/aromatic N) is 3. The molecule has 258 valence electrons. The molecule has 2 saturated heterocycles. The zero-order valence-electron chi connectivity index (χ0n) is 29.9. The molecule has 2 aromatic carbocycles. The Morgan fingerprint density at radius 1 is 0.739 bits per heavy atom. The van der Waals surface area contributed by atoms with Crippen molar-refractivity contribution in [2.24, 2.45) is 0 Å². The van der Waals surface area contributed by atoms with Gasteiger partial charge in [0.2, 0.25) is 0 Å². The molecule has 0 aliphatic carbocycles. The van der Waals surface area contributed by atoms with E-state index in [0.717, 1.165) is 56.3 Å². The minimum absolute atomic E-state index is 0.0730. The maximum atomic E-state index is 11.4. The van der Waals surface area contributed by atoms with Crippen LogP contribution in [0.25, 0.3) is 0 Å². The van der Waals surface area contributed by atoms with Crippen molar-refractivity contribution in [2.45, 2.75) is 91.0 Å². The smallest absolute Gasteiger partial charge is 0.275 e. The molecule has 2 aliphatic rings. The van der Waals surface area contributed by atoms with Crippen molar-refractivity contribution >= 4 is 39.4 Å². The van der Waals surface area contributed by atoms with E-state index < -0.39 is 16.6 Å². The Labute approximate surface area is 278 Å². The minimum Gasteiger partial charge on any atom is -0.412 e. The van der Waals surface area contributed by atoms with Gasteiger partial charge in [-0.15, -0.1) is 0 Å². The third-order valence-electron chi connectivity index (χ3n) is 9.93. The summed E-state index contributed by atoms with van der Waals surface area (Å²) in [5, 5.41) is 11.6. The van der Waals surface area contributed by atoms with Crippen LogP contribution in [0.4, 0.5) is 22.7 Å². The Kier molecular flexibility index (Phi) is 12.9. The lowest BCUT2D eigenvalue weighted by atomic mass is 10.1. The number of nitro groups is 1. The number of hydrogen-bond acceptors (Lipinski definition) is 9. The summed E-state index contributed by atoms with van der Waals surface area (Å²) in [5.74, 6) is 0. The highest BCUT2D eigenvalue weighted by Crippen LogP contribution is 2.39. The molecule has 0 spiro atoms. The second kappa shape index (κ2) is 15.6. The number of rotatable bonds is 9. The van der Waals surface area contributed by atoms with Crippen LogP contribution in [0, 0.1) is 10.1 Å². The molecule has 2 aliphatic heterocycles. The molecule has 0 atom stereocenters. The topological polar surface area (TPSA) is 113 Å². The normalized spacial score (nSPS) is 16.6. The number of ether oxygens (including phenoxy) is 2. The number of benzene rings is 2. The Hall–Kier alpha value is -2.49. The van der Waals surface area contributed by atoms with Gasteiger partial charge in [-0.2, -0.15) is 0 Å². The van der Waals surface area contributed by atoms with E-state index in [1.807, 2.05) is 18.2 Å². The number of nitrogens with two attached hydrogens (primary N) is 1. The summed E-state index contributed by atoms with van der Waals surface area (Å²) >= 11 is 0. The molecule has 0 bridgehead atoms. The largest absolute Gasteiger partial charge is 0.412 e. The van der Waals surface area contributed by atoms with Crippen LogP contribution in [0.3, 0.4) is 0 Å². The lowest BCUT2D eigenvalue weighted by Gasteiger charge is -2.36. The molecule has 2 heterocycles. The average molecular weight is 675 g/mol. The summed E-state index contributed by atoms with van der Waals surface area (Å²) in [7, 11) is -3.72. The van der Waals surface area contributed by atoms with Crippen molar-refractivity contribution in [1.29, 1.82) is 0 Å². The fraction of sp³-hybridized carbons (Fsp3) is 0.647. The first-order valence-corrected chi connectivity index (χ1v) is 22.2. The van der Waals surface area contributed by atoms with E-state index in [1.165, 1.54) is 5.69 Å². The zero-order chi connectivity index (χ0) is 34.3. The van der Waals surface area contributed by atoms with Crippen molar-refractivity contribution in [3.63, 3.8) is 0 Å². The predicted molar refractivity (Wildman–Crippen MR) is 194 cm³/mol. The SMILES string of the molecule is CC(C)(C)[Si](C)(C)OCc1cc(N2CCOCC2)ccc1N.CC(C)(C)[Si](C)(C)OCc1cc(N2CCOCC2)ccc1[N+](=O)[O-]. The number of morpholine rings is 2. The molecule has 2 N–H and O–H groups in total. The van der Waals surface area contributed by atoms with Gasteiger partial charge in [0.15, 0.2) is 16.6 Å². The Balaban J connectivity index is 0.000000251. The highest BCUT2D eigenvalue weighted by molar-refractivity contribution is 6.74. The molecule has 12 heteroatoms. The van der Waals surface area contributed by atoms with Crippen molar-refractivity contribution in [1.82, 2.24) is 0 Å². The van der Waals surface area contributed by atoms with Gasteiger partial charge in [0.25, 0.3) is 5.69 Å². The van der Waals surface area contributed by atoms with Crippen LogP contribution in [0.2, 0.25) is 36.3 Å². The molecule has 0 saturated carbocycles. The molecule has 0 aromatic heterocycles. The summed E-state index contributed by atoms with van der Waals surface area (Å²) in [4.78, 5) is 15.6.